The third kappa shape index (κ3) is 4.70. The fourth-order valence-corrected chi connectivity index (χ4v) is 3.56. The molecule has 1 aliphatic rings. The Hall–Kier alpha value is -2.41. The molecule has 0 radical (unpaired) electrons. The maximum Gasteiger partial charge on any atom is 0.325 e. The lowest BCUT2D eigenvalue weighted by Crippen LogP contribution is -2.46. The van der Waals surface area contributed by atoms with E-state index < -0.39 is 17.5 Å². The summed E-state index contributed by atoms with van der Waals surface area (Å²) in [5.41, 5.74) is 0.609. The van der Waals surface area contributed by atoms with Gasteiger partial charge in [0, 0.05) is 25.2 Å². The number of benzene rings is 1. The first-order valence-electron chi connectivity index (χ1n) is 9.80. The smallest absolute Gasteiger partial charge is 0.325 e. The molecule has 154 valence electrons. The van der Waals surface area contributed by atoms with E-state index in [1.165, 1.54) is 0 Å². The van der Waals surface area contributed by atoms with Gasteiger partial charge >= 0.3 is 6.03 Å². The highest BCUT2D eigenvalue weighted by atomic mass is 16.2. The second kappa shape index (κ2) is 8.73. The molecule has 0 saturated carbocycles. The number of amides is 4. The van der Waals surface area contributed by atoms with Crippen molar-refractivity contribution in [2.75, 3.05) is 19.6 Å². The van der Waals surface area contributed by atoms with Gasteiger partial charge in [-0.05, 0) is 47.1 Å². The van der Waals surface area contributed by atoms with E-state index >= 15 is 0 Å². The highest BCUT2D eigenvalue weighted by molar-refractivity contribution is 6.09. The number of carbonyl (C=O) groups is 3. The molecule has 2 N–H and O–H groups in total. The quantitative estimate of drug-likeness (QED) is 0.668. The molecule has 4 amide bonds. The highest BCUT2D eigenvalue weighted by Gasteiger charge is 2.49. The van der Waals surface area contributed by atoms with Gasteiger partial charge < -0.3 is 10.6 Å². The molecule has 0 unspecified atom stereocenters. The molecule has 1 saturated heterocycles. The fourth-order valence-electron chi connectivity index (χ4n) is 3.56. The molecule has 1 aromatic carbocycles. The van der Waals surface area contributed by atoms with Crippen molar-refractivity contribution in [1.29, 1.82) is 0 Å². The van der Waals surface area contributed by atoms with Crippen molar-refractivity contribution in [3.63, 3.8) is 0 Å². The van der Waals surface area contributed by atoms with Crippen LogP contribution in [0, 0.1) is 6.92 Å². The van der Waals surface area contributed by atoms with Crippen LogP contribution in [0.2, 0.25) is 0 Å². The van der Waals surface area contributed by atoms with Crippen molar-refractivity contribution in [3.8, 4) is 0 Å². The molecule has 1 atom stereocenters. The molecule has 0 bridgehead atoms. The van der Waals surface area contributed by atoms with Gasteiger partial charge in [0.2, 0.25) is 5.91 Å². The van der Waals surface area contributed by atoms with E-state index in [2.05, 4.69) is 43.2 Å². The zero-order valence-corrected chi connectivity index (χ0v) is 17.7. The van der Waals surface area contributed by atoms with Crippen molar-refractivity contribution in [2.45, 2.75) is 59.2 Å². The van der Waals surface area contributed by atoms with Crippen LogP contribution >= 0.6 is 0 Å². The second-order valence-corrected chi connectivity index (χ2v) is 8.09. The molecular formula is C21H32N4O3. The van der Waals surface area contributed by atoms with Crippen LogP contribution in [0.25, 0.3) is 0 Å². The predicted octanol–water partition coefficient (Wildman–Crippen LogP) is 2.00. The van der Waals surface area contributed by atoms with Crippen LogP contribution in [0.1, 0.15) is 45.7 Å². The molecule has 7 heteroatoms. The van der Waals surface area contributed by atoms with Crippen molar-refractivity contribution in [3.05, 3.63) is 35.4 Å². The topological polar surface area (TPSA) is 81.8 Å². The Morgan fingerprint density at radius 2 is 1.71 bits per heavy atom. The number of urea groups is 1. The lowest BCUT2D eigenvalue weighted by Gasteiger charge is -2.30. The summed E-state index contributed by atoms with van der Waals surface area (Å²) in [7, 11) is 0. The van der Waals surface area contributed by atoms with Gasteiger partial charge in [-0.1, -0.05) is 29.8 Å². The van der Waals surface area contributed by atoms with Gasteiger partial charge in [-0.3, -0.25) is 19.4 Å². The zero-order valence-electron chi connectivity index (χ0n) is 17.7. The Balaban J connectivity index is 1.96. The number of hydrogen-bond acceptors (Lipinski definition) is 4. The van der Waals surface area contributed by atoms with E-state index in [1.54, 1.807) is 6.92 Å². The van der Waals surface area contributed by atoms with E-state index in [9.17, 15) is 14.4 Å². The summed E-state index contributed by atoms with van der Waals surface area (Å²) in [5.74, 6) is -0.758. The number of nitrogens with zero attached hydrogens (tertiary/aromatic N) is 2. The van der Waals surface area contributed by atoms with E-state index in [0.717, 1.165) is 10.5 Å². The van der Waals surface area contributed by atoms with Gasteiger partial charge in [-0.2, -0.15) is 0 Å². The van der Waals surface area contributed by atoms with Crippen LogP contribution in [-0.4, -0.2) is 59.4 Å². The Morgan fingerprint density at radius 3 is 2.25 bits per heavy atom. The van der Waals surface area contributed by atoms with Crippen LogP contribution in [0.5, 0.6) is 0 Å². The minimum Gasteiger partial charge on any atom is -0.353 e. The molecule has 1 fully saturated rings. The first kappa shape index (κ1) is 21.9. The van der Waals surface area contributed by atoms with Gasteiger partial charge in [0.25, 0.3) is 5.91 Å². The third-order valence-corrected chi connectivity index (χ3v) is 5.22. The number of nitrogens with one attached hydrogen (secondary N) is 2. The van der Waals surface area contributed by atoms with Gasteiger partial charge in [-0.15, -0.1) is 0 Å². The van der Waals surface area contributed by atoms with Gasteiger partial charge in [0.15, 0.2) is 0 Å². The third-order valence-electron chi connectivity index (χ3n) is 5.22. The van der Waals surface area contributed by atoms with Crippen LogP contribution in [0.15, 0.2) is 24.3 Å². The lowest BCUT2D eigenvalue weighted by molar-refractivity contribution is -0.134. The van der Waals surface area contributed by atoms with Crippen LogP contribution in [0.3, 0.4) is 0 Å². The molecule has 1 aliphatic heterocycles. The van der Waals surface area contributed by atoms with Gasteiger partial charge in [0.1, 0.15) is 12.1 Å². The molecule has 1 heterocycles. The average molecular weight is 389 g/mol. The summed E-state index contributed by atoms with van der Waals surface area (Å²) in [6.45, 7) is 13.0. The number of hydrogen-bond donors (Lipinski definition) is 2. The number of aryl methyl sites for hydroxylation is 1. The van der Waals surface area contributed by atoms with Crippen LogP contribution in [0.4, 0.5) is 4.79 Å². The van der Waals surface area contributed by atoms with Crippen molar-refractivity contribution in [2.24, 2.45) is 0 Å². The fraction of sp³-hybridized carbons (Fsp3) is 0.571. The zero-order chi connectivity index (χ0) is 21.1. The summed E-state index contributed by atoms with van der Waals surface area (Å²) in [6.07, 6.45) is 0. The molecule has 0 spiro atoms. The normalized spacial score (nSPS) is 19.7. The molecule has 2 rings (SSSR count). The standard InChI is InChI=1S/C21H32N4O3/c1-14(2)24(15(3)4)12-11-22-18(26)13-25-19(27)21(6,23-20(25)28)17-9-7-16(5)8-10-17/h7-10,14-15H,11-13H2,1-6H3,(H,22,26)(H,23,28)/t21-/m1/s1. The predicted molar refractivity (Wildman–Crippen MR) is 109 cm³/mol. The molecule has 28 heavy (non-hydrogen) atoms. The summed E-state index contributed by atoms with van der Waals surface area (Å²) >= 11 is 0. The summed E-state index contributed by atoms with van der Waals surface area (Å²) in [6, 6.07) is 7.63. The van der Waals surface area contributed by atoms with Gasteiger partial charge in [-0.25, -0.2) is 4.79 Å². The molecule has 0 aliphatic carbocycles. The van der Waals surface area contributed by atoms with Crippen molar-refractivity contribution < 1.29 is 14.4 Å². The Labute approximate surface area is 167 Å². The molecule has 0 aromatic heterocycles. The van der Waals surface area contributed by atoms with E-state index in [4.69, 9.17) is 0 Å². The second-order valence-electron chi connectivity index (χ2n) is 8.09. The van der Waals surface area contributed by atoms with Crippen LogP contribution < -0.4 is 10.6 Å². The molecule has 7 nitrogen and oxygen atoms in total. The Bertz CT molecular complexity index is 722. The van der Waals surface area contributed by atoms with E-state index in [-0.39, 0.29) is 12.5 Å². The number of rotatable bonds is 8. The van der Waals surface area contributed by atoms with Crippen molar-refractivity contribution in [1.82, 2.24) is 20.4 Å². The lowest BCUT2D eigenvalue weighted by atomic mass is 9.91. The van der Waals surface area contributed by atoms with E-state index in [0.29, 0.717) is 30.7 Å². The highest BCUT2D eigenvalue weighted by Crippen LogP contribution is 2.28. The summed E-state index contributed by atoms with van der Waals surface area (Å²) in [4.78, 5) is 40.8. The SMILES string of the molecule is Cc1ccc([C@@]2(C)NC(=O)N(CC(=O)NCCN(C(C)C)C(C)C)C2=O)cc1. The average Bonchev–Trinajstić information content (AvgIpc) is 2.82. The first-order chi connectivity index (χ1) is 13.1. The Morgan fingerprint density at radius 1 is 1.14 bits per heavy atom. The largest absolute Gasteiger partial charge is 0.353 e. The van der Waals surface area contributed by atoms with E-state index in [1.807, 2.05) is 31.2 Å². The number of carbonyl (C=O) groups excluding carboxylic acids is 3. The first-order valence-corrected chi connectivity index (χ1v) is 9.80. The molecule has 1 aromatic rings. The molecular weight excluding hydrogens is 356 g/mol. The minimum atomic E-state index is -1.16. The minimum absolute atomic E-state index is 0.282. The van der Waals surface area contributed by atoms with Gasteiger partial charge in [0.05, 0.1) is 0 Å². The Kier molecular flexibility index (Phi) is 6.82. The maximum atomic E-state index is 12.9. The van der Waals surface area contributed by atoms with Crippen molar-refractivity contribution >= 4 is 17.8 Å². The monoisotopic (exact) mass is 388 g/mol. The maximum absolute atomic E-state index is 12.9. The summed E-state index contributed by atoms with van der Waals surface area (Å²) < 4.78 is 0. The number of imide groups is 1. The summed E-state index contributed by atoms with van der Waals surface area (Å²) in [5, 5.41) is 5.54. The van der Waals surface area contributed by atoms with Crippen LogP contribution in [-0.2, 0) is 15.1 Å².